The zero-order valence-corrected chi connectivity index (χ0v) is 14.1. The molecule has 130 valence electrons. The number of rotatable bonds is 4. The van der Waals surface area contributed by atoms with Crippen molar-refractivity contribution in [2.75, 3.05) is 11.5 Å². The van der Waals surface area contributed by atoms with Crippen LogP contribution in [0.2, 0.25) is 0 Å². The van der Waals surface area contributed by atoms with Gasteiger partial charge in [-0.25, -0.2) is 0 Å². The highest BCUT2D eigenvalue weighted by molar-refractivity contribution is 5.97. The third-order valence-electron chi connectivity index (χ3n) is 4.18. The summed E-state index contributed by atoms with van der Waals surface area (Å²) in [7, 11) is 0. The third kappa shape index (κ3) is 3.37. The maximum Gasteiger partial charge on any atom is 0.271 e. The largest absolute Gasteiger partial charge is 0.485 e. The summed E-state index contributed by atoms with van der Waals surface area (Å²) in [6.07, 6.45) is 2.78. The van der Waals surface area contributed by atoms with Gasteiger partial charge in [0.1, 0.15) is 6.61 Å². The van der Waals surface area contributed by atoms with Crippen LogP contribution < -0.4 is 14.4 Å². The van der Waals surface area contributed by atoms with E-state index >= 15 is 0 Å². The van der Waals surface area contributed by atoms with Gasteiger partial charge in [0.05, 0.1) is 6.54 Å². The van der Waals surface area contributed by atoms with Crippen molar-refractivity contribution in [3.63, 3.8) is 0 Å². The van der Waals surface area contributed by atoms with Crippen LogP contribution in [-0.2, 0) is 11.3 Å². The minimum atomic E-state index is -0.693. The van der Waals surface area contributed by atoms with Crippen molar-refractivity contribution in [2.24, 2.45) is 0 Å². The fourth-order valence-electron chi connectivity index (χ4n) is 2.89. The maximum atomic E-state index is 13.2. The first kappa shape index (κ1) is 16.1. The molecule has 26 heavy (non-hydrogen) atoms. The Kier molecular flexibility index (Phi) is 4.51. The summed E-state index contributed by atoms with van der Waals surface area (Å²) >= 11 is 0. The van der Waals surface area contributed by atoms with Gasteiger partial charge < -0.3 is 14.4 Å². The lowest BCUT2D eigenvalue weighted by atomic mass is 10.2. The monoisotopic (exact) mass is 346 g/mol. The van der Waals surface area contributed by atoms with Gasteiger partial charge in [0, 0.05) is 18.1 Å². The molecular formula is C21H18N2O3. The minimum Gasteiger partial charge on any atom is -0.485 e. The normalized spacial score (nSPS) is 15.3. The number of carbonyl (C=O) groups excluding carboxylic acids is 1. The topological polar surface area (TPSA) is 51.7 Å². The molecular weight excluding hydrogens is 328 g/mol. The van der Waals surface area contributed by atoms with E-state index in [1.165, 1.54) is 0 Å². The second-order valence-corrected chi connectivity index (χ2v) is 5.99. The van der Waals surface area contributed by atoms with Crippen LogP contribution in [0.3, 0.4) is 0 Å². The highest BCUT2D eigenvalue weighted by Crippen LogP contribution is 2.32. The fourth-order valence-corrected chi connectivity index (χ4v) is 2.89. The Hall–Kier alpha value is -3.34. The van der Waals surface area contributed by atoms with E-state index in [-0.39, 0.29) is 12.5 Å². The van der Waals surface area contributed by atoms with E-state index in [0.717, 1.165) is 11.3 Å². The summed E-state index contributed by atoms with van der Waals surface area (Å²) in [5, 5.41) is 0. The highest BCUT2D eigenvalue weighted by Gasteiger charge is 2.31. The number of ether oxygens (including phenoxy) is 2. The third-order valence-corrected chi connectivity index (χ3v) is 4.18. The molecule has 1 aliphatic rings. The highest BCUT2D eigenvalue weighted by atomic mass is 16.6. The molecule has 1 amide bonds. The number of pyridine rings is 1. The van der Waals surface area contributed by atoms with Crippen LogP contribution in [0.25, 0.3) is 0 Å². The number of fused-ring (bicyclic) bond motifs is 1. The summed E-state index contributed by atoms with van der Waals surface area (Å²) < 4.78 is 11.6. The summed E-state index contributed by atoms with van der Waals surface area (Å²) in [6.45, 7) is 0.602. The van der Waals surface area contributed by atoms with Crippen molar-refractivity contribution in [1.82, 2.24) is 4.98 Å². The van der Waals surface area contributed by atoms with Gasteiger partial charge in [-0.3, -0.25) is 9.78 Å². The van der Waals surface area contributed by atoms with Crippen LogP contribution in [0.15, 0.2) is 79.1 Å². The average molecular weight is 346 g/mol. The number of anilines is 1. The second-order valence-electron chi connectivity index (χ2n) is 5.99. The van der Waals surface area contributed by atoms with Gasteiger partial charge in [0.25, 0.3) is 5.91 Å². The van der Waals surface area contributed by atoms with Crippen LogP contribution in [0.1, 0.15) is 5.56 Å². The first-order chi connectivity index (χ1) is 12.8. The van der Waals surface area contributed by atoms with Crippen LogP contribution in [-0.4, -0.2) is 23.6 Å². The Balaban J connectivity index is 1.60. The Morgan fingerprint density at radius 1 is 1.00 bits per heavy atom. The fraction of sp³-hybridized carbons (Fsp3) is 0.143. The van der Waals surface area contributed by atoms with Gasteiger partial charge in [0.15, 0.2) is 11.5 Å². The molecule has 0 N–H and O–H groups in total. The Bertz CT molecular complexity index is 884. The average Bonchev–Trinajstić information content (AvgIpc) is 2.72. The molecule has 1 aromatic heterocycles. The molecule has 5 heteroatoms. The number of para-hydroxylation sites is 3. The molecule has 0 unspecified atom stereocenters. The van der Waals surface area contributed by atoms with E-state index in [1.54, 1.807) is 17.3 Å². The summed E-state index contributed by atoms with van der Waals surface area (Å²) in [5.74, 6) is 1.11. The number of benzene rings is 2. The number of carbonyl (C=O) groups is 1. The van der Waals surface area contributed by atoms with Gasteiger partial charge in [-0.05, 0) is 35.9 Å². The lowest BCUT2D eigenvalue weighted by Crippen LogP contribution is -2.46. The molecule has 3 aromatic rings. The van der Waals surface area contributed by atoms with E-state index in [0.29, 0.717) is 18.0 Å². The van der Waals surface area contributed by atoms with Crippen LogP contribution >= 0.6 is 0 Å². The Morgan fingerprint density at radius 2 is 1.77 bits per heavy atom. The second kappa shape index (κ2) is 7.27. The van der Waals surface area contributed by atoms with Crippen molar-refractivity contribution < 1.29 is 14.3 Å². The van der Waals surface area contributed by atoms with E-state index < -0.39 is 6.10 Å². The molecule has 0 saturated heterocycles. The Labute approximate surface area is 151 Å². The van der Waals surface area contributed by atoms with Gasteiger partial charge in [-0.15, -0.1) is 0 Å². The number of aromatic nitrogens is 1. The SMILES string of the molecule is O=C([C@@H]1COc2ccccc2O1)N(Cc1cccnc1)c1ccccc1. The van der Waals surface area contributed by atoms with Crippen molar-refractivity contribution in [1.29, 1.82) is 0 Å². The molecule has 0 aliphatic carbocycles. The molecule has 0 fully saturated rings. The van der Waals surface area contributed by atoms with Gasteiger partial charge in [-0.2, -0.15) is 0 Å². The molecule has 1 atom stereocenters. The smallest absolute Gasteiger partial charge is 0.271 e. The van der Waals surface area contributed by atoms with Crippen molar-refractivity contribution in [2.45, 2.75) is 12.6 Å². The van der Waals surface area contributed by atoms with Crippen molar-refractivity contribution in [3.8, 4) is 11.5 Å². The van der Waals surface area contributed by atoms with E-state index in [1.807, 2.05) is 66.7 Å². The molecule has 4 rings (SSSR count). The summed E-state index contributed by atoms with van der Waals surface area (Å²) in [4.78, 5) is 19.1. The molecule has 0 saturated carbocycles. The molecule has 5 nitrogen and oxygen atoms in total. The van der Waals surface area contributed by atoms with E-state index in [4.69, 9.17) is 9.47 Å². The van der Waals surface area contributed by atoms with Crippen molar-refractivity contribution in [3.05, 3.63) is 84.7 Å². The standard InChI is InChI=1S/C21H18N2O3/c24-21(20-15-25-18-10-4-5-11-19(18)26-20)23(17-8-2-1-3-9-17)14-16-7-6-12-22-13-16/h1-13,20H,14-15H2/t20-/m0/s1. The molecule has 0 spiro atoms. The number of hydrogen-bond acceptors (Lipinski definition) is 4. The molecule has 1 aliphatic heterocycles. The van der Waals surface area contributed by atoms with E-state index in [9.17, 15) is 4.79 Å². The zero-order chi connectivity index (χ0) is 17.8. The maximum absolute atomic E-state index is 13.2. The lowest BCUT2D eigenvalue weighted by molar-refractivity contribution is -0.127. The van der Waals surface area contributed by atoms with Gasteiger partial charge in [-0.1, -0.05) is 36.4 Å². The predicted octanol–water partition coefficient (Wildman–Crippen LogP) is 3.45. The van der Waals surface area contributed by atoms with E-state index in [2.05, 4.69) is 4.98 Å². The first-order valence-corrected chi connectivity index (χ1v) is 8.45. The Morgan fingerprint density at radius 3 is 2.54 bits per heavy atom. The molecule has 2 heterocycles. The molecule has 2 aromatic carbocycles. The van der Waals surface area contributed by atoms with Crippen LogP contribution in [0, 0.1) is 0 Å². The number of amides is 1. The predicted molar refractivity (Wildman–Crippen MR) is 98.2 cm³/mol. The van der Waals surface area contributed by atoms with Crippen LogP contribution in [0.5, 0.6) is 11.5 Å². The first-order valence-electron chi connectivity index (χ1n) is 8.45. The van der Waals surface area contributed by atoms with Crippen molar-refractivity contribution >= 4 is 11.6 Å². The zero-order valence-electron chi connectivity index (χ0n) is 14.1. The molecule has 0 radical (unpaired) electrons. The summed E-state index contributed by atoms with van der Waals surface area (Å²) in [5.41, 5.74) is 1.76. The van der Waals surface area contributed by atoms with Crippen LogP contribution in [0.4, 0.5) is 5.69 Å². The quantitative estimate of drug-likeness (QED) is 0.726. The summed E-state index contributed by atoms with van der Waals surface area (Å²) in [6, 6.07) is 20.7. The van der Waals surface area contributed by atoms with Gasteiger partial charge in [0.2, 0.25) is 6.10 Å². The number of nitrogens with zero attached hydrogens (tertiary/aromatic N) is 2. The molecule has 0 bridgehead atoms. The van der Waals surface area contributed by atoms with Gasteiger partial charge >= 0.3 is 0 Å². The minimum absolute atomic E-state index is 0.144. The number of hydrogen-bond donors (Lipinski definition) is 0. The lowest BCUT2D eigenvalue weighted by Gasteiger charge is -2.31.